The van der Waals surface area contributed by atoms with E-state index in [4.69, 9.17) is 4.98 Å². The van der Waals surface area contributed by atoms with E-state index in [9.17, 15) is 13.2 Å². The van der Waals surface area contributed by atoms with Gasteiger partial charge in [-0.3, -0.25) is 14.7 Å². The zero-order valence-electron chi connectivity index (χ0n) is 21.6. The van der Waals surface area contributed by atoms with Crippen LogP contribution in [0.15, 0.2) is 65.8 Å². The van der Waals surface area contributed by atoms with E-state index in [1.165, 1.54) is 27.8 Å². The lowest BCUT2D eigenvalue weighted by molar-refractivity contribution is 0.0985. The molecule has 9 heteroatoms. The van der Waals surface area contributed by atoms with Crippen molar-refractivity contribution in [3.8, 4) is 0 Å². The Bertz CT molecular complexity index is 1480. The van der Waals surface area contributed by atoms with E-state index >= 15 is 0 Å². The van der Waals surface area contributed by atoms with Crippen molar-refractivity contribution in [3.05, 3.63) is 83.2 Å². The Morgan fingerprint density at radius 1 is 1.05 bits per heavy atom. The van der Waals surface area contributed by atoms with Crippen molar-refractivity contribution >= 4 is 42.6 Å². The van der Waals surface area contributed by atoms with Gasteiger partial charge in [0, 0.05) is 31.0 Å². The second kappa shape index (κ2) is 11.5. The maximum atomic E-state index is 13.8. The maximum Gasteiger partial charge on any atom is 0.260 e. The minimum Gasteiger partial charge on any atom is -0.279 e. The molecular weight excluding hydrogens is 504 g/mol. The predicted octanol–water partition coefficient (Wildman–Crippen LogP) is 5.97. The van der Waals surface area contributed by atoms with Gasteiger partial charge in [-0.25, -0.2) is 13.4 Å². The summed E-state index contributed by atoms with van der Waals surface area (Å²) >= 11 is 1.47. The number of unbranched alkanes of at least 4 members (excludes halogenated alkanes) is 1. The van der Waals surface area contributed by atoms with Crippen LogP contribution in [0.2, 0.25) is 0 Å². The molecule has 2 aromatic carbocycles. The van der Waals surface area contributed by atoms with Crippen LogP contribution in [0, 0.1) is 13.8 Å². The summed E-state index contributed by atoms with van der Waals surface area (Å²) in [6.07, 6.45) is 5.14. The summed E-state index contributed by atoms with van der Waals surface area (Å²) in [5, 5.41) is 0.589. The topological polar surface area (TPSA) is 83.5 Å². The molecule has 0 aliphatic heterocycles. The second-order valence-electron chi connectivity index (χ2n) is 9.05. The third-order valence-corrected chi connectivity index (χ3v) is 9.22. The number of carbonyl (C=O) groups is 1. The first-order chi connectivity index (χ1) is 17.7. The van der Waals surface area contributed by atoms with Gasteiger partial charge in [0.1, 0.15) is 0 Å². The van der Waals surface area contributed by atoms with Gasteiger partial charge < -0.3 is 0 Å². The highest BCUT2D eigenvalue weighted by Gasteiger charge is 2.25. The molecule has 2 aromatic heterocycles. The monoisotopic (exact) mass is 536 g/mol. The predicted molar refractivity (Wildman–Crippen MR) is 150 cm³/mol. The normalized spacial score (nSPS) is 11.8. The molecule has 0 unspecified atom stereocenters. The van der Waals surface area contributed by atoms with E-state index in [2.05, 4.69) is 17.1 Å². The van der Waals surface area contributed by atoms with Crippen LogP contribution in [-0.4, -0.2) is 41.7 Å². The number of nitrogens with zero attached hydrogens (tertiary/aromatic N) is 4. The molecule has 0 N–H and O–H groups in total. The van der Waals surface area contributed by atoms with Crippen molar-refractivity contribution in [1.82, 2.24) is 14.3 Å². The molecule has 0 aliphatic carbocycles. The zero-order valence-corrected chi connectivity index (χ0v) is 23.3. The first kappa shape index (κ1) is 26.9. The molecule has 4 rings (SSSR count). The van der Waals surface area contributed by atoms with Crippen LogP contribution in [0.4, 0.5) is 5.13 Å². The molecule has 0 saturated heterocycles. The summed E-state index contributed by atoms with van der Waals surface area (Å²) in [4.78, 5) is 24.6. The average Bonchev–Trinajstić information content (AvgIpc) is 3.32. The van der Waals surface area contributed by atoms with Crippen LogP contribution in [-0.2, 0) is 16.6 Å². The Balaban J connectivity index is 1.69. The van der Waals surface area contributed by atoms with Crippen molar-refractivity contribution in [1.29, 1.82) is 0 Å². The fraction of sp³-hybridized carbons (Fsp3) is 0.321. The largest absolute Gasteiger partial charge is 0.279 e. The van der Waals surface area contributed by atoms with Crippen LogP contribution >= 0.6 is 11.3 Å². The molecule has 0 atom stereocenters. The van der Waals surface area contributed by atoms with Crippen molar-refractivity contribution in [3.63, 3.8) is 0 Å². The van der Waals surface area contributed by atoms with Gasteiger partial charge in [0.15, 0.2) is 5.13 Å². The summed E-state index contributed by atoms with van der Waals surface area (Å²) in [6, 6.07) is 14.1. The Hall–Kier alpha value is -3.14. The number of sulfonamides is 1. The number of hydrogen-bond donors (Lipinski definition) is 0. The molecule has 0 bridgehead atoms. The SMILES string of the molecule is CCCCN(CC)S(=O)(=O)c1ccc(C(=O)N(Cc2cccnc2)c2nc3c(C)cc(C)cc3s2)cc1. The van der Waals surface area contributed by atoms with Crippen LogP contribution in [0.3, 0.4) is 0 Å². The van der Waals surface area contributed by atoms with Gasteiger partial charge in [0.2, 0.25) is 10.0 Å². The van der Waals surface area contributed by atoms with Crippen LogP contribution in [0.1, 0.15) is 53.7 Å². The van der Waals surface area contributed by atoms with Gasteiger partial charge in [-0.05, 0) is 73.4 Å². The third-order valence-electron chi connectivity index (χ3n) is 6.21. The number of pyridine rings is 1. The fourth-order valence-electron chi connectivity index (χ4n) is 4.23. The molecule has 1 amide bonds. The molecule has 194 valence electrons. The number of aromatic nitrogens is 2. The summed E-state index contributed by atoms with van der Waals surface area (Å²) in [6.45, 7) is 9.11. The first-order valence-corrected chi connectivity index (χ1v) is 14.7. The van der Waals surface area contributed by atoms with Gasteiger partial charge in [-0.1, -0.05) is 43.7 Å². The number of hydrogen-bond acceptors (Lipinski definition) is 6. The molecule has 0 spiro atoms. The number of amides is 1. The van der Waals surface area contributed by atoms with Crippen molar-refractivity contribution < 1.29 is 13.2 Å². The molecule has 0 saturated carbocycles. The van der Waals surface area contributed by atoms with E-state index in [0.717, 1.165) is 39.7 Å². The number of thiazole rings is 1. The Morgan fingerprint density at radius 3 is 2.46 bits per heavy atom. The minimum absolute atomic E-state index is 0.187. The van der Waals surface area contributed by atoms with Gasteiger partial charge in [0.05, 0.1) is 21.7 Å². The number of carbonyl (C=O) groups excluding carboxylic acids is 1. The average molecular weight is 537 g/mol. The highest BCUT2D eigenvalue weighted by Crippen LogP contribution is 2.33. The summed E-state index contributed by atoms with van der Waals surface area (Å²) < 4.78 is 28.7. The summed E-state index contributed by atoms with van der Waals surface area (Å²) in [5.41, 5.74) is 4.35. The molecule has 37 heavy (non-hydrogen) atoms. The minimum atomic E-state index is -3.62. The van der Waals surface area contributed by atoms with Gasteiger partial charge in [-0.15, -0.1) is 0 Å². The Morgan fingerprint density at radius 2 is 1.81 bits per heavy atom. The number of aryl methyl sites for hydroxylation is 2. The van der Waals surface area contributed by atoms with E-state index in [0.29, 0.717) is 30.3 Å². The molecular formula is C28H32N4O3S2. The van der Waals surface area contributed by atoms with Gasteiger partial charge >= 0.3 is 0 Å². The van der Waals surface area contributed by atoms with E-state index in [-0.39, 0.29) is 10.8 Å². The number of anilines is 1. The quantitative estimate of drug-likeness (QED) is 0.249. The lowest BCUT2D eigenvalue weighted by atomic mass is 10.1. The van der Waals surface area contributed by atoms with E-state index in [1.807, 2.05) is 39.8 Å². The Labute approximate surface area is 222 Å². The highest BCUT2D eigenvalue weighted by atomic mass is 32.2. The van der Waals surface area contributed by atoms with E-state index in [1.54, 1.807) is 29.4 Å². The molecule has 7 nitrogen and oxygen atoms in total. The highest BCUT2D eigenvalue weighted by molar-refractivity contribution is 7.89. The van der Waals surface area contributed by atoms with Gasteiger partial charge in [0.25, 0.3) is 5.91 Å². The maximum absolute atomic E-state index is 13.8. The summed E-state index contributed by atoms with van der Waals surface area (Å²) in [7, 11) is -3.62. The third kappa shape index (κ3) is 5.89. The fourth-order valence-corrected chi connectivity index (χ4v) is 6.86. The van der Waals surface area contributed by atoms with Crippen molar-refractivity contribution in [2.45, 2.75) is 52.0 Å². The molecule has 0 radical (unpaired) electrons. The van der Waals surface area contributed by atoms with Crippen molar-refractivity contribution in [2.75, 3.05) is 18.0 Å². The Kier molecular flexibility index (Phi) is 8.36. The van der Waals surface area contributed by atoms with Crippen molar-refractivity contribution in [2.24, 2.45) is 0 Å². The number of benzene rings is 2. The molecule has 0 fully saturated rings. The van der Waals surface area contributed by atoms with Crippen LogP contribution in [0.25, 0.3) is 10.2 Å². The molecule has 2 heterocycles. The lowest BCUT2D eigenvalue weighted by Crippen LogP contribution is -2.32. The number of rotatable bonds is 10. The number of fused-ring (bicyclic) bond motifs is 1. The molecule has 0 aliphatic rings. The molecule has 4 aromatic rings. The lowest BCUT2D eigenvalue weighted by Gasteiger charge is -2.21. The first-order valence-electron chi connectivity index (χ1n) is 12.4. The van der Waals surface area contributed by atoms with Gasteiger partial charge in [-0.2, -0.15) is 4.31 Å². The second-order valence-corrected chi connectivity index (χ2v) is 12.0. The van der Waals surface area contributed by atoms with Crippen LogP contribution in [0.5, 0.6) is 0 Å². The zero-order chi connectivity index (χ0) is 26.6. The smallest absolute Gasteiger partial charge is 0.260 e. The standard InChI is InChI=1S/C28H32N4O3S2/c1-5-7-15-31(6-2)37(34,35)24-12-10-23(11-13-24)27(33)32(19-22-9-8-14-29-18-22)28-30-26-21(4)16-20(3)17-25(26)36-28/h8-14,16-18H,5-7,15,19H2,1-4H3. The summed E-state index contributed by atoms with van der Waals surface area (Å²) in [5.74, 6) is -0.250. The van der Waals surface area contributed by atoms with E-state index < -0.39 is 10.0 Å². The van der Waals surface area contributed by atoms with Crippen LogP contribution < -0.4 is 4.90 Å².